The van der Waals surface area contributed by atoms with Gasteiger partial charge in [0.1, 0.15) is 33.5 Å². The maximum Gasteiger partial charge on any atom is 0.349 e. The molecule has 3 aromatic carbocycles. The zero-order valence-electron chi connectivity index (χ0n) is 26.5. The number of hydrogen-bond donors (Lipinski definition) is 3. The number of phenolic OH excluding ortho intramolecular Hbond substituents is 2. The molecule has 45 heavy (non-hydrogen) atoms. The summed E-state index contributed by atoms with van der Waals surface area (Å²) in [5, 5.41) is 30.8. The van der Waals surface area contributed by atoms with Crippen molar-refractivity contribution in [2.24, 2.45) is 0 Å². The second-order valence-electron chi connectivity index (χ2n) is 12.4. The van der Waals surface area contributed by atoms with Gasteiger partial charge in [0.15, 0.2) is 6.61 Å². The summed E-state index contributed by atoms with van der Waals surface area (Å²) in [5.41, 5.74) is 2.33. The Morgan fingerprint density at radius 3 is 1.98 bits per heavy atom. The van der Waals surface area contributed by atoms with Gasteiger partial charge in [-0.3, -0.25) is 0 Å². The Morgan fingerprint density at radius 1 is 0.933 bits per heavy atom. The monoisotopic (exact) mass is 634 g/mol. The fourth-order valence-corrected chi connectivity index (χ4v) is 6.54. The molecule has 240 valence electrons. The van der Waals surface area contributed by atoms with E-state index in [4.69, 9.17) is 14.2 Å². The molecule has 0 atom stereocenters. The molecular weight excluding hydrogens is 592 g/mol. The highest BCUT2D eigenvalue weighted by molar-refractivity contribution is 8.04. The normalized spacial score (nSPS) is 14.6. The quantitative estimate of drug-likeness (QED) is 0.174. The van der Waals surface area contributed by atoms with Crippen molar-refractivity contribution in [3.05, 3.63) is 93.6 Å². The van der Waals surface area contributed by atoms with E-state index >= 15 is 0 Å². The highest BCUT2D eigenvalue weighted by Crippen LogP contribution is 2.45. The minimum absolute atomic E-state index is 0.0205. The van der Waals surface area contributed by atoms with Crippen molar-refractivity contribution in [3.63, 3.8) is 0 Å². The van der Waals surface area contributed by atoms with Crippen LogP contribution in [0, 0.1) is 6.92 Å². The minimum Gasteiger partial charge on any atom is -0.511 e. The van der Waals surface area contributed by atoms with Crippen LogP contribution in [-0.4, -0.2) is 46.1 Å². The number of aliphatic hydroxyl groups is 1. The maximum absolute atomic E-state index is 13.7. The first-order valence-electron chi connectivity index (χ1n) is 15.1. The number of ether oxygens (including phenoxy) is 3. The van der Waals surface area contributed by atoms with E-state index in [0.717, 1.165) is 27.1 Å². The number of esters is 2. The molecule has 3 aromatic rings. The van der Waals surface area contributed by atoms with Crippen LogP contribution in [0.3, 0.4) is 0 Å². The van der Waals surface area contributed by atoms with E-state index in [1.54, 1.807) is 31.2 Å². The molecule has 0 unspecified atom stereocenters. The summed E-state index contributed by atoms with van der Waals surface area (Å²) in [4.78, 5) is 26.5. The van der Waals surface area contributed by atoms with Gasteiger partial charge in [0.05, 0.1) is 6.61 Å². The molecule has 0 fully saturated rings. The Hall–Kier alpha value is -4.11. The zero-order valence-corrected chi connectivity index (χ0v) is 27.3. The van der Waals surface area contributed by atoms with E-state index in [9.17, 15) is 24.9 Å². The molecule has 1 aliphatic rings. The highest BCUT2D eigenvalue weighted by Gasteiger charge is 2.42. The molecule has 0 aromatic heterocycles. The lowest BCUT2D eigenvalue weighted by Gasteiger charge is -2.37. The Labute approximate surface area is 269 Å². The molecule has 1 aliphatic heterocycles. The van der Waals surface area contributed by atoms with E-state index < -0.39 is 17.5 Å². The number of aliphatic hydroxyl groups excluding tert-OH is 1. The molecule has 0 saturated heterocycles. The molecule has 0 saturated carbocycles. The molecular formula is C36H42O8S. The van der Waals surface area contributed by atoms with Crippen LogP contribution in [0.25, 0.3) is 0 Å². The lowest BCUT2D eigenvalue weighted by Crippen LogP contribution is -2.41. The number of phenols is 2. The van der Waals surface area contributed by atoms with Crippen LogP contribution in [0.15, 0.2) is 76.2 Å². The molecule has 0 radical (unpaired) electrons. The molecule has 0 bridgehead atoms. The summed E-state index contributed by atoms with van der Waals surface area (Å²) in [6, 6.07) is 17.6. The molecule has 1 heterocycles. The largest absolute Gasteiger partial charge is 0.511 e. The smallest absolute Gasteiger partial charge is 0.349 e. The number of aryl methyl sites for hydroxylation is 3. The third kappa shape index (κ3) is 8.97. The summed E-state index contributed by atoms with van der Waals surface area (Å²) in [6.45, 7) is 9.80. The molecule has 3 N–H and O–H groups in total. The van der Waals surface area contributed by atoms with Crippen molar-refractivity contribution in [2.75, 3.05) is 13.2 Å². The fourth-order valence-electron chi connectivity index (χ4n) is 5.29. The van der Waals surface area contributed by atoms with Crippen LogP contribution < -0.4 is 4.74 Å². The zero-order chi connectivity index (χ0) is 32.8. The van der Waals surface area contributed by atoms with Crippen molar-refractivity contribution in [3.8, 4) is 17.2 Å². The van der Waals surface area contributed by atoms with E-state index in [1.165, 1.54) is 11.8 Å². The standard InChI is InChI=1S/C36H42O8S/c1-6-42-32(40)22-43-30-20-28(35(3,4)5)31(19-23(30)2)45-33-29(39)21-36(44-34(33)41,17-15-24-7-11-26(37)12-8-24)18-16-25-9-13-27(38)14-10-25/h7-14,19-20,37-39H,6,15-18,21-22H2,1-5H3. The van der Waals surface area contributed by atoms with Crippen LogP contribution in [0.2, 0.25) is 0 Å². The summed E-state index contributed by atoms with van der Waals surface area (Å²) >= 11 is 1.17. The van der Waals surface area contributed by atoms with Gasteiger partial charge < -0.3 is 29.5 Å². The molecule has 8 nitrogen and oxygen atoms in total. The second-order valence-corrected chi connectivity index (χ2v) is 13.5. The number of carbonyl (C=O) groups excluding carboxylic acids is 2. The average molecular weight is 635 g/mol. The van der Waals surface area contributed by atoms with E-state index in [-0.39, 0.29) is 47.2 Å². The van der Waals surface area contributed by atoms with Gasteiger partial charge in [-0.05, 0) is 104 Å². The van der Waals surface area contributed by atoms with Gasteiger partial charge in [-0.2, -0.15) is 0 Å². The first-order chi connectivity index (χ1) is 21.3. The lowest BCUT2D eigenvalue weighted by atomic mass is 9.84. The minimum atomic E-state index is -0.950. The Morgan fingerprint density at radius 2 is 1.49 bits per heavy atom. The highest BCUT2D eigenvalue weighted by atomic mass is 32.2. The number of thioether (sulfide) groups is 1. The van der Waals surface area contributed by atoms with Crippen LogP contribution in [0.1, 0.15) is 69.2 Å². The molecule has 4 rings (SSSR count). The van der Waals surface area contributed by atoms with Crippen molar-refractivity contribution in [1.82, 2.24) is 0 Å². The summed E-state index contributed by atoms with van der Waals surface area (Å²) in [5.74, 6) is -0.157. The number of rotatable bonds is 12. The molecule has 0 spiro atoms. The first kappa shape index (κ1) is 33.8. The first-order valence-corrected chi connectivity index (χ1v) is 15.9. The van der Waals surface area contributed by atoms with Crippen LogP contribution in [-0.2, 0) is 37.3 Å². The predicted octanol–water partition coefficient (Wildman–Crippen LogP) is 7.46. The summed E-state index contributed by atoms with van der Waals surface area (Å²) in [6.07, 6.45) is 2.27. The Bertz CT molecular complexity index is 1490. The maximum atomic E-state index is 13.7. The number of aromatic hydroxyl groups is 2. The van der Waals surface area contributed by atoms with Crippen molar-refractivity contribution < 1.29 is 39.1 Å². The van der Waals surface area contributed by atoms with Gasteiger partial charge in [-0.25, -0.2) is 9.59 Å². The third-order valence-corrected chi connectivity index (χ3v) is 8.97. The second kappa shape index (κ2) is 14.3. The summed E-state index contributed by atoms with van der Waals surface area (Å²) < 4.78 is 17.0. The lowest BCUT2D eigenvalue weighted by molar-refractivity contribution is -0.159. The molecule has 0 amide bonds. The van der Waals surface area contributed by atoms with Crippen molar-refractivity contribution in [1.29, 1.82) is 0 Å². The topological polar surface area (TPSA) is 123 Å². The van der Waals surface area contributed by atoms with Gasteiger partial charge in [-0.15, -0.1) is 0 Å². The van der Waals surface area contributed by atoms with Crippen molar-refractivity contribution in [2.45, 2.75) is 82.6 Å². The van der Waals surface area contributed by atoms with E-state index in [2.05, 4.69) is 0 Å². The SMILES string of the molecule is CCOC(=O)COc1cc(C(C)(C)C)c(SC2=C(O)CC(CCc3ccc(O)cc3)(CCc3ccc(O)cc3)OC2=O)cc1C. The van der Waals surface area contributed by atoms with E-state index in [0.29, 0.717) is 31.4 Å². The van der Waals surface area contributed by atoms with Gasteiger partial charge >= 0.3 is 11.9 Å². The Balaban J connectivity index is 1.61. The average Bonchev–Trinajstić information content (AvgIpc) is 2.97. The fraction of sp³-hybridized carbons (Fsp3) is 0.389. The number of hydrogen-bond acceptors (Lipinski definition) is 9. The van der Waals surface area contributed by atoms with Gasteiger partial charge in [0.25, 0.3) is 0 Å². The molecule has 9 heteroatoms. The number of cyclic esters (lactones) is 1. The summed E-state index contributed by atoms with van der Waals surface area (Å²) in [7, 11) is 0. The third-order valence-electron chi connectivity index (χ3n) is 7.81. The van der Waals surface area contributed by atoms with Gasteiger partial charge in [-0.1, -0.05) is 56.8 Å². The van der Waals surface area contributed by atoms with E-state index in [1.807, 2.05) is 64.1 Å². The van der Waals surface area contributed by atoms with Crippen LogP contribution >= 0.6 is 11.8 Å². The van der Waals surface area contributed by atoms with Gasteiger partial charge in [0, 0.05) is 11.3 Å². The van der Waals surface area contributed by atoms with Crippen LogP contribution in [0.4, 0.5) is 0 Å². The van der Waals surface area contributed by atoms with Gasteiger partial charge in [0.2, 0.25) is 0 Å². The number of benzene rings is 3. The van der Waals surface area contributed by atoms with Crippen LogP contribution in [0.5, 0.6) is 17.2 Å². The number of carbonyl (C=O) groups is 2. The van der Waals surface area contributed by atoms with Crippen molar-refractivity contribution >= 4 is 23.7 Å². The Kier molecular flexibility index (Phi) is 10.8. The predicted molar refractivity (Wildman–Crippen MR) is 174 cm³/mol. The molecule has 0 aliphatic carbocycles.